The van der Waals surface area contributed by atoms with Crippen LogP contribution in [-0.4, -0.2) is 49.2 Å². The van der Waals surface area contributed by atoms with Crippen LogP contribution in [0.4, 0.5) is 0 Å². The Kier molecular flexibility index (Phi) is 4.55. The second-order valence-electron chi connectivity index (χ2n) is 6.95. The summed E-state index contributed by atoms with van der Waals surface area (Å²) in [5.74, 6) is 0.112. The Balaban J connectivity index is 1.49. The molecule has 1 N–H and O–H groups in total. The van der Waals surface area contributed by atoms with Gasteiger partial charge < -0.3 is 15.0 Å². The predicted octanol–water partition coefficient (Wildman–Crippen LogP) is 2.95. The van der Waals surface area contributed by atoms with Crippen LogP contribution in [-0.2, 0) is 4.74 Å². The molecule has 4 nitrogen and oxygen atoms in total. The van der Waals surface area contributed by atoms with Gasteiger partial charge in [0.25, 0.3) is 5.91 Å². The molecule has 0 radical (unpaired) electrons. The summed E-state index contributed by atoms with van der Waals surface area (Å²) in [6, 6.07) is 18.2. The fourth-order valence-corrected chi connectivity index (χ4v) is 3.82. The standard InChI is InChI=1S/C21H24N2O2/c24-20(23-14-15-25-21(16-23)10-12-22-13-11-21)19-8-6-18(7-9-19)17-4-2-1-3-5-17/h1-9,22H,10-16H2. The second-order valence-corrected chi connectivity index (χ2v) is 6.95. The number of amides is 1. The van der Waals surface area contributed by atoms with Gasteiger partial charge in [-0.05, 0) is 49.2 Å². The van der Waals surface area contributed by atoms with Crippen LogP contribution in [0.5, 0.6) is 0 Å². The summed E-state index contributed by atoms with van der Waals surface area (Å²) in [6.45, 7) is 3.94. The zero-order chi connectivity index (χ0) is 17.1. The highest BCUT2D eigenvalue weighted by Crippen LogP contribution is 2.28. The van der Waals surface area contributed by atoms with Crippen molar-refractivity contribution in [2.75, 3.05) is 32.8 Å². The lowest BCUT2D eigenvalue weighted by molar-refractivity contribution is -0.114. The van der Waals surface area contributed by atoms with Crippen LogP contribution in [0, 0.1) is 0 Å². The van der Waals surface area contributed by atoms with E-state index in [4.69, 9.17) is 4.74 Å². The van der Waals surface area contributed by atoms with Gasteiger partial charge in [0.15, 0.2) is 0 Å². The van der Waals surface area contributed by atoms with Crippen molar-refractivity contribution in [1.29, 1.82) is 0 Å². The number of hydrogen-bond acceptors (Lipinski definition) is 3. The molecule has 0 bridgehead atoms. The summed E-state index contributed by atoms with van der Waals surface area (Å²) in [5, 5.41) is 3.37. The first-order valence-corrected chi connectivity index (χ1v) is 9.05. The van der Waals surface area contributed by atoms with E-state index in [-0.39, 0.29) is 11.5 Å². The predicted molar refractivity (Wildman–Crippen MR) is 98.6 cm³/mol. The van der Waals surface area contributed by atoms with E-state index in [1.165, 1.54) is 5.56 Å². The minimum Gasteiger partial charge on any atom is -0.371 e. The Hall–Kier alpha value is -2.17. The van der Waals surface area contributed by atoms with Crippen molar-refractivity contribution in [3.05, 3.63) is 60.2 Å². The number of morpholine rings is 1. The van der Waals surface area contributed by atoms with Gasteiger partial charge in [-0.1, -0.05) is 42.5 Å². The highest BCUT2D eigenvalue weighted by molar-refractivity contribution is 5.94. The number of benzene rings is 2. The molecule has 2 aliphatic rings. The van der Waals surface area contributed by atoms with Gasteiger partial charge in [0.2, 0.25) is 0 Å². The number of hydrogen-bond donors (Lipinski definition) is 1. The molecule has 2 saturated heterocycles. The molecule has 2 aromatic rings. The maximum Gasteiger partial charge on any atom is 0.254 e. The zero-order valence-corrected chi connectivity index (χ0v) is 14.4. The Morgan fingerprint density at radius 3 is 2.36 bits per heavy atom. The average molecular weight is 336 g/mol. The lowest BCUT2D eigenvalue weighted by atomic mass is 9.90. The van der Waals surface area contributed by atoms with E-state index in [9.17, 15) is 4.79 Å². The van der Waals surface area contributed by atoms with Gasteiger partial charge in [-0.15, -0.1) is 0 Å². The molecule has 25 heavy (non-hydrogen) atoms. The van der Waals surface area contributed by atoms with Gasteiger partial charge >= 0.3 is 0 Å². The van der Waals surface area contributed by atoms with Gasteiger partial charge in [0.1, 0.15) is 0 Å². The lowest BCUT2D eigenvalue weighted by Gasteiger charge is -2.45. The number of piperidine rings is 1. The SMILES string of the molecule is O=C(c1ccc(-c2ccccc2)cc1)N1CCOC2(CCNCC2)C1. The Morgan fingerprint density at radius 2 is 1.64 bits per heavy atom. The molecule has 0 unspecified atom stereocenters. The van der Waals surface area contributed by atoms with Crippen molar-refractivity contribution in [3.8, 4) is 11.1 Å². The van der Waals surface area contributed by atoms with Crippen LogP contribution >= 0.6 is 0 Å². The van der Waals surface area contributed by atoms with Crippen molar-refractivity contribution in [2.45, 2.75) is 18.4 Å². The first kappa shape index (κ1) is 16.3. The average Bonchev–Trinajstić information content (AvgIpc) is 2.69. The summed E-state index contributed by atoms with van der Waals surface area (Å²) in [4.78, 5) is 14.9. The largest absolute Gasteiger partial charge is 0.371 e. The maximum absolute atomic E-state index is 12.9. The highest BCUT2D eigenvalue weighted by atomic mass is 16.5. The van der Waals surface area contributed by atoms with E-state index >= 15 is 0 Å². The van der Waals surface area contributed by atoms with E-state index in [2.05, 4.69) is 17.4 Å². The van der Waals surface area contributed by atoms with E-state index < -0.39 is 0 Å². The van der Waals surface area contributed by atoms with Crippen molar-refractivity contribution >= 4 is 5.91 Å². The van der Waals surface area contributed by atoms with Crippen LogP contribution in [0.25, 0.3) is 11.1 Å². The number of nitrogens with zero attached hydrogens (tertiary/aromatic N) is 1. The Morgan fingerprint density at radius 1 is 0.960 bits per heavy atom. The van der Waals surface area contributed by atoms with Crippen LogP contribution in [0.1, 0.15) is 23.2 Å². The van der Waals surface area contributed by atoms with Gasteiger partial charge in [0.05, 0.1) is 18.8 Å². The topological polar surface area (TPSA) is 41.6 Å². The Bertz CT molecular complexity index is 716. The first-order chi connectivity index (χ1) is 12.3. The minimum atomic E-state index is -0.150. The number of carbonyl (C=O) groups is 1. The number of rotatable bonds is 2. The molecule has 0 aromatic heterocycles. The fraction of sp³-hybridized carbons (Fsp3) is 0.381. The summed E-state index contributed by atoms with van der Waals surface area (Å²) in [5.41, 5.74) is 2.91. The van der Waals surface area contributed by atoms with Gasteiger partial charge in [-0.25, -0.2) is 0 Å². The molecule has 1 spiro atoms. The van der Waals surface area contributed by atoms with E-state index in [0.717, 1.165) is 37.1 Å². The molecule has 2 aromatic carbocycles. The molecule has 2 fully saturated rings. The molecule has 4 rings (SSSR count). The van der Waals surface area contributed by atoms with Crippen LogP contribution < -0.4 is 5.32 Å². The van der Waals surface area contributed by atoms with Crippen molar-refractivity contribution < 1.29 is 9.53 Å². The summed E-state index contributed by atoms with van der Waals surface area (Å²) in [6.07, 6.45) is 1.95. The Labute approximate surface area is 148 Å². The van der Waals surface area contributed by atoms with Crippen LogP contribution in [0.3, 0.4) is 0 Å². The third kappa shape index (κ3) is 3.46. The first-order valence-electron chi connectivity index (χ1n) is 9.05. The van der Waals surface area contributed by atoms with E-state index in [1.807, 2.05) is 47.4 Å². The molecule has 4 heteroatoms. The van der Waals surface area contributed by atoms with E-state index in [1.54, 1.807) is 0 Å². The molecule has 0 atom stereocenters. The highest BCUT2D eigenvalue weighted by Gasteiger charge is 2.39. The van der Waals surface area contributed by atoms with Crippen molar-refractivity contribution in [3.63, 3.8) is 0 Å². The van der Waals surface area contributed by atoms with Gasteiger partial charge in [-0.2, -0.15) is 0 Å². The molecule has 2 aliphatic heterocycles. The number of carbonyl (C=O) groups excluding carboxylic acids is 1. The molecule has 1 amide bonds. The molecular weight excluding hydrogens is 312 g/mol. The molecule has 130 valence electrons. The zero-order valence-electron chi connectivity index (χ0n) is 14.4. The number of nitrogens with one attached hydrogen (secondary N) is 1. The van der Waals surface area contributed by atoms with Crippen LogP contribution in [0.2, 0.25) is 0 Å². The molecular formula is C21H24N2O2. The van der Waals surface area contributed by atoms with Crippen LogP contribution in [0.15, 0.2) is 54.6 Å². The smallest absolute Gasteiger partial charge is 0.254 e. The maximum atomic E-state index is 12.9. The molecule has 0 saturated carbocycles. The third-order valence-electron chi connectivity index (χ3n) is 5.29. The molecule has 2 heterocycles. The normalized spacial score (nSPS) is 19.8. The van der Waals surface area contributed by atoms with Crippen molar-refractivity contribution in [1.82, 2.24) is 10.2 Å². The summed E-state index contributed by atoms with van der Waals surface area (Å²) < 4.78 is 6.07. The summed E-state index contributed by atoms with van der Waals surface area (Å²) in [7, 11) is 0. The monoisotopic (exact) mass is 336 g/mol. The lowest BCUT2D eigenvalue weighted by Crippen LogP contribution is -2.57. The van der Waals surface area contributed by atoms with Crippen molar-refractivity contribution in [2.24, 2.45) is 0 Å². The third-order valence-corrected chi connectivity index (χ3v) is 5.29. The van der Waals surface area contributed by atoms with Gasteiger partial charge in [0, 0.05) is 12.1 Å². The quantitative estimate of drug-likeness (QED) is 0.917. The number of ether oxygens (including phenoxy) is 1. The minimum absolute atomic E-state index is 0.112. The van der Waals surface area contributed by atoms with E-state index in [0.29, 0.717) is 19.7 Å². The second kappa shape index (κ2) is 6.98. The van der Waals surface area contributed by atoms with Gasteiger partial charge in [-0.3, -0.25) is 4.79 Å². The molecule has 0 aliphatic carbocycles. The fourth-order valence-electron chi connectivity index (χ4n) is 3.82. The summed E-state index contributed by atoms with van der Waals surface area (Å²) >= 11 is 0.